The maximum Gasteiger partial charge on any atom is 0.330 e. The standard InChI is InChI=1S/C40H52N4O6S/c1-27-10-14-33-29(19-27)8-5-16-39(33)23-43-21-31-11-13-32(31)35(48-3)9-4-7-28(2)22-51(47,42-38(46)44-24-40(25-44)17-6-18-50-40)41-37(45)30-12-15-36(49-26-39)34(43)20-30/h4,9-10,12,14-15,19-20,28,31-32,35H,5-8,11,13,16-18,21-26H2,1-3H3,(H,41,42,45,46,47)/b9-4+/t28-,31-,32+,35-,39-,51?/m0/s1. The second kappa shape index (κ2) is 13.5. The molecular formula is C40H52N4O6S. The van der Waals surface area contributed by atoms with Crippen molar-refractivity contribution in [3.63, 3.8) is 0 Å². The molecule has 51 heavy (non-hydrogen) atoms. The maximum atomic E-state index is 14.6. The van der Waals surface area contributed by atoms with E-state index in [4.69, 9.17) is 14.2 Å². The molecule has 2 aromatic carbocycles. The molecule has 3 amide bonds. The predicted molar refractivity (Wildman–Crippen MR) is 198 cm³/mol. The largest absolute Gasteiger partial charge is 0.490 e. The van der Waals surface area contributed by atoms with Crippen molar-refractivity contribution >= 4 is 27.5 Å². The van der Waals surface area contributed by atoms with Crippen LogP contribution in [0.25, 0.3) is 0 Å². The van der Waals surface area contributed by atoms with Crippen molar-refractivity contribution in [3.05, 3.63) is 70.8 Å². The second-order valence-corrected chi connectivity index (χ2v) is 18.2. The van der Waals surface area contributed by atoms with Crippen molar-refractivity contribution in [1.29, 1.82) is 0 Å². The Hall–Kier alpha value is -3.41. The number of nitrogens with one attached hydrogen (secondary N) is 1. The van der Waals surface area contributed by atoms with E-state index in [1.807, 2.05) is 19.1 Å². The van der Waals surface area contributed by atoms with Crippen molar-refractivity contribution in [2.75, 3.05) is 57.2 Å². The summed E-state index contributed by atoms with van der Waals surface area (Å²) >= 11 is 0. The molecule has 2 saturated heterocycles. The third-order valence-electron chi connectivity index (χ3n) is 12.4. The molecule has 6 atom stereocenters. The zero-order valence-corrected chi connectivity index (χ0v) is 31.1. The van der Waals surface area contributed by atoms with Crippen LogP contribution in [0.4, 0.5) is 10.5 Å². The first-order valence-corrected chi connectivity index (χ1v) is 20.6. The van der Waals surface area contributed by atoms with Crippen LogP contribution < -0.4 is 14.4 Å². The quantitative estimate of drug-likeness (QED) is 0.369. The first kappa shape index (κ1) is 34.7. The Morgan fingerprint density at radius 2 is 1.96 bits per heavy atom. The molecule has 2 bridgehead atoms. The molecule has 274 valence electrons. The number of fused-ring (bicyclic) bond motifs is 4. The molecule has 0 aromatic heterocycles. The molecular weight excluding hydrogens is 665 g/mol. The zero-order valence-electron chi connectivity index (χ0n) is 30.2. The Balaban J connectivity index is 1.16. The van der Waals surface area contributed by atoms with Crippen molar-refractivity contribution in [2.24, 2.45) is 22.1 Å². The number of allylic oxidation sites excluding steroid dienone is 1. The number of likely N-dealkylation sites (tertiary alicyclic amines) is 1. The van der Waals surface area contributed by atoms with E-state index in [2.05, 4.69) is 51.3 Å². The van der Waals surface area contributed by atoms with E-state index in [0.717, 1.165) is 69.5 Å². The molecule has 1 unspecified atom stereocenters. The lowest BCUT2D eigenvalue weighted by atomic mass is 9.68. The van der Waals surface area contributed by atoms with Crippen LogP contribution in [0.1, 0.15) is 78.9 Å². The van der Waals surface area contributed by atoms with Crippen LogP contribution in [0.3, 0.4) is 0 Å². The molecule has 4 aliphatic heterocycles. The molecule has 10 nitrogen and oxygen atoms in total. The van der Waals surface area contributed by atoms with Crippen LogP contribution in [0, 0.1) is 24.7 Å². The molecule has 11 heteroatoms. The Labute approximate surface area is 302 Å². The number of carbonyl (C=O) groups is 2. The van der Waals surface area contributed by atoms with Crippen LogP contribution in [0.15, 0.2) is 52.9 Å². The lowest BCUT2D eigenvalue weighted by molar-refractivity contribution is -0.0905. The van der Waals surface area contributed by atoms with E-state index in [-0.39, 0.29) is 28.8 Å². The number of amides is 3. The molecule has 3 fully saturated rings. The van der Waals surface area contributed by atoms with E-state index in [1.54, 1.807) is 18.1 Å². The van der Waals surface area contributed by atoms with Gasteiger partial charge in [-0.3, -0.25) is 9.52 Å². The highest BCUT2D eigenvalue weighted by atomic mass is 32.2. The van der Waals surface area contributed by atoms with Gasteiger partial charge in [-0.1, -0.05) is 42.8 Å². The maximum absolute atomic E-state index is 14.6. The summed E-state index contributed by atoms with van der Waals surface area (Å²) in [4.78, 5) is 31.5. The fourth-order valence-corrected chi connectivity index (χ4v) is 11.4. The Kier molecular flexibility index (Phi) is 9.20. The van der Waals surface area contributed by atoms with Crippen molar-refractivity contribution in [3.8, 4) is 5.75 Å². The summed E-state index contributed by atoms with van der Waals surface area (Å²) in [6.45, 7) is 7.88. The van der Waals surface area contributed by atoms with Gasteiger partial charge >= 0.3 is 6.03 Å². The second-order valence-electron chi connectivity index (χ2n) is 16.2. The number of nitrogens with zero attached hydrogens (tertiary/aromatic N) is 3. The number of ether oxygens (including phenoxy) is 3. The minimum atomic E-state index is -3.47. The van der Waals surface area contributed by atoms with Crippen LogP contribution >= 0.6 is 0 Å². The highest BCUT2D eigenvalue weighted by molar-refractivity contribution is 7.92. The molecule has 2 aliphatic carbocycles. The van der Waals surface area contributed by atoms with Gasteiger partial charge in [-0.2, -0.15) is 0 Å². The average Bonchev–Trinajstić information content (AvgIpc) is 3.52. The highest BCUT2D eigenvalue weighted by Crippen LogP contribution is 2.47. The van der Waals surface area contributed by atoms with Gasteiger partial charge in [0.05, 0.1) is 37.2 Å². The zero-order chi connectivity index (χ0) is 35.4. The number of aryl methyl sites for hydroxylation is 2. The number of carbonyl (C=O) groups excluding carboxylic acids is 2. The summed E-state index contributed by atoms with van der Waals surface area (Å²) in [6, 6.07) is 11.8. The number of methoxy groups -OCH3 is 1. The fraction of sp³-hybridized carbons (Fsp3) is 0.600. The number of urea groups is 1. The van der Waals surface area contributed by atoms with Gasteiger partial charge in [0, 0.05) is 37.8 Å². The van der Waals surface area contributed by atoms with Gasteiger partial charge in [0.2, 0.25) is 0 Å². The number of benzene rings is 2. The Morgan fingerprint density at radius 3 is 2.73 bits per heavy atom. The van der Waals surface area contributed by atoms with Crippen LogP contribution in [0.5, 0.6) is 5.75 Å². The summed E-state index contributed by atoms with van der Waals surface area (Å²) in [5.74, 6) is 0.870. The third-order valence-corrected chi connectivity index (χ3v) is 14.4. The van der Waals surface area contributed by atoms with Gasteiger partial charge in [-0.05, 0) is 105 Å². The third kappa shape index (κ3) is 6.70. The fourth-order valence-electron chi connectivity index (χ4n) is 9.53. The van der Waals surface area contributed by atoms with E-state index in [9.17, 15) is 13.8 Å². The normalized spacial score (nSPS) is 33.5. The smallest absolute Gasteiger partial charge is 0.330 e. The number of hydrogen-bond acceptors (Lipinski definition) is 7. The Bertz CT molecular complexity index is 1840. The summed E-state index contributed by atoms with van der Waals surface area (Å²) in [7, 11) is -1.68. The predicted octanol–water partition coefficient (Wildman–Crippen LogP) is 6.20. The molecule has 1 N–H and O–H groups in total. The van der Waals surface area contributed by atoms with Gasteiger partial charge < -0.3 is 24.0 Å². The van der Waals surface area contributed by atoms with Crippen LogP contribution in [-0.2, 0) is 31.2 Å². The first-order valence-electron chi connectivity index (χ1n) is 18.9. The minimum Gasteiger partial charge on any atom is -0.490 e. The van der Waals surface area contributed by atoms with Crippen LogP contribution in [-0.4, -0.2) is 85.0 Å². The lowest BCUT2D eigenvalue weighted by Crippen LogP contribution is -2.65. The minimum absolute atomic E-state index is 0.0305. The summed E-state index contributed by atoms with van der Waals surface area (Å²) < 4.78 is 40.3. The van der Waals surface area contributed by atoms with Gasteiger partial charge in [0.15, 0.2) is 0 Å². The highest BCUT2D eigenvalue weighted by Gasteiger charge is 2.49. The molecule has 2 spiro atoms. The molecule has 8 rings (SSSR count). The van der Waals surface area contributed by atoms with E-state index >= 15 is 0 Å². The summed E-state index contributed by atoms with van der Waals surface area (Å²) in [5.41, 5.74) is 4.76. The topological polar surface area (TPSA) is 110 Å². The Morgan fingerprint density at radius 1 is 1.10 bits per heavy atom. The molecule has 6 aliphatic rings. The summed E-state index contributed by atoms with van der Waals surface area (Å²) in [6.07, 6.45) is 12.1. The van der Waals surface area contributed by atoms with E-state index < -0.39 is 21.9 Å². The summed E-state index contributed by atoms with van der Waals surface area (Å²) in [5, 5.41) is 0. The first-order chi connectivity index (χ1) is 24.6. The number of anilines is 1. The molecule has 4 heterocycles. The van der Waals surface area contributed by atoms with E-state index in [0.29, 0.717) is 50.1 Å². The van der Waals surface area contributed by atoms with Crippen molar-refractivity contribution in [1.82, 2.24) is 9.62 Å². The number of hydrogen-bond donors (Lipinski definition) is 1. The molecule has 1 saturated carbocycles. The SMILES string of the molecule is CO[C@H]1/C=C/C[C@H](C)CS(=O)(NC(=O)N2CC3(CCCO3)C2)=NC(=O)c2ccc3c(c2)N(C[C@@H]2CC[C@H]21)C[C@@]1(CCCc2cc(C)ccc21)CO3. The number of rotatable bonds is 2. The van der Waals surface area contributed by atoms with Crippen molar-refractivity contribution in [2.45, 2.75) is 82.3 Å². The molecule has 0 radical (unpaired) electrons. The molecule has 2 aromatic rings. The van der Waals surface area contributed by atoms with Crippen molar-refractivity contribution < 1.29 is 28.0 Å². The van der Waals surface area contributed by atoms with Gasteiger partial charge in [0.1, 0.15) is 21.3 Å². The van der Waals surface area contributed by atoms with Crippen LogP contribution in [0.2, 0.25) is 0 Å². The monoisotopic (exact) mass is 716 g/mol. The van der Waals surface area contributed by atoms with Gasteiger partial charge in [-0.15, -0.1) is 4.36 Å². The lowest BCUT2D eigenvalue weighted by Gasteiger charge is -2.46. The van der Waals surface area contributed by atoms with Gasteiger partial charge in [0.25, 0.3) is 5.91 Å². The van der Waals surface area contributed by atoms with E-state index in [1.165, 1.54) is 16.7 Å². The average molecular weight is 717 g/mol. The van der Waals surface area contributed by atoms with Gasteiger partial charge in [-0.25, -0.2) is 9.00 Å².